The van der Waals surface area contributed by atoms with Crippen molar-refractivity contribution in [3.05, 3.63) is 33.7 Å². The second kappa shape index (κ2) is 4.77. The minimum atomic E-state index is -4.54. The first-order valence-electron chi connectivity index (χ1n) is 4.30. The van der Waals surface area contributed by atoms with Gasteiger partial charge in [-0.15, -0.1) is 0 Å². The third kappa shape index (κ3) is 3.06. The molecule has 0 radical (unpaired) electrons. The molecular formula is C9H4F3IN2OS. The fourth-order valence-corrected chi connectivity index (χ4v) is 2.05. The number of aromatic nitrogens is 2. The Labute approximate surface area is 112 Å². The fraction of sp³-hybridized carbons (Fsp3) is 0.111. The smallest absolute Gasteiger partial charge is 0.429 e. The average Bonchev–Trinajstić information content (AvgIpc) is 2.69. The van der Waals surface area contributed by atoms with E-state index >= 15 is 0 Å². The van der Waals surface area contributed by atoms with Gasteiger partial charge < -0.3 is 4.74 Å². The summed E-state index contributed by atoms with van der Waals surface area (Å²) in [4.78, 5) is 3.27. The number of benzene rings is 1. The standard InChI is InChI=1S/C9H4F3IN2OS/c10-9(11,12)7-14-8(17-15-7)16-6-4-2-1-3-5(6)13/h1-4H. The third-order valence-corrected chi connectivity index (χ3v) is 3.18. The Hall–Kier alpha value is -0.900. The molecule has 2 aromatic rings. The molecule has 0 aliphatic rings. The first kappa shape index (κ1) is 12.6. The minimum Gasteiger partial charge on any atom is -0.429 e. The summed E-state index contributed by atoms with van der Waals surface area (Å²) in [5.41, 5.74) is 0. The zero-order valence-corrected chi connectivity index (χ0v) is 11.0. The number of nitrogens with zero attached hydrogens (tertiary/aromatic N) is 2. The van der Waals surface area contributed by atoms with Gasteiger partial charge in [0.05, 0.1) is 3.57 Å². The molecule has 1 heterocycles. The van der Waals surface area contributed by atoms with Crippen molar-refractivity contribution in [1.82, 2.24) is 9.36 Å². The molecule has 1 aromatic heterocycles. The van der Waals surface area contributed by atoms with Crippen molar-refractivity contribution in [1.29, 1.82) is 0 Å². The first-order chi connectivity index (χ1) is 7.97. The van der Waals surface area contributed by atoms with Crippen LogP contribution in [0.2, 0.25) is 0 Å². The maximum atomic E-state index is 12.2. The zero-order valence-electron chi connectivity index (χ0n) is 8.03. The molecule has 8 heteroatoms. The lowest BCUT2D eigenvalue weighted by Crippen LogP contribution is -2.06. The van der Waals surface area contributed by atoms with Gasteiger partial charge in [-0.1, -0.05) is 12.1 Å². The van der Waals surface area contributed by atoms with E-state index in [9.17, 15) is 13.2 Å². The van der Waals surface area contributed by atoms with Gasteiger partial charge in [-0.2, -0.15) is 22.5 Å². The highest BCUT2D eigenvalue weighted by atomic mass is 127. The fourth-order valence-electron chi connectivity index (χ4n) is 0.988. The van der Waals surface area contributed by atoms with Gasteiger partial charge >= 0.3 is 6.18 Å². The van der Waals surface area contributed by atoms with E-state index in [1.807, 2.05) is 22.6 Å². The zero-order chi connectivity index (χ0) is 12.5. The summed E-state index contributed by atoms with van der Waals surface area (Å²) in [6.07, 6.45) is -4.54. The highest BCUT2D eigenvalue weighted by Crippen LogP contribution is 2.32. The molecule has 3 nitrogen and oxygen atoms in total. The van der Waals surface area contributed by atoms with Gasteiger partial charge in [-0.3, -0.25) is 0 Å². The Morgan fingerprint density at radius 3 is 2.53 bits per heavy atom. The molecule has 0 atom stereocenters. The summed E-state index contributed by atoms with van der Waals surface area (Å²) in [7, 11) is 0. The number of rotatable bonds is 2. The number of hydrogen-bond donors (Lipinski definition) is 0. The molecule has 0 saturated heterocycles. The molecule has 1 aromatic carbocycles. The van der Waals surface area contributed by atoms with Gasteiger partial charge in [-0.25, -0.2) is 0 Å². The van der Waals surface area contributed by atoms with Crippen LogP contribution >= 0.6 is 34.1 Å². The van der Waals surface area contributed by atoms with Crippen LogP contribution in [0, 0.1) is 3.57 Å². The predicted molar refractivity (Wildman–Crippen MR) is 64.1 cm³/mol. The van der Waals surface area contributed by atoms with Crippen molar-refractivity contribution in [3.8, 4) is 10.9 Å². The van der Waals surface area contributed by atoms with Gasteiger partial charge in [-0.05, 0) is 34.7 Å². The van der Waals surface area contributed by atoms with Crippen molar-refractivity contribution in [2.24, 2.45) is 0 Å². The maximum Gasteiger partial charge on any atom is 0.452 e. The molecule has 0 N–H and O–H groups in total. The lowest BCUT2D eigenvalue weighted by molar-refractivity contribution is -0.144. The topological polar surface area (TPSA) is 35.0 Å². The Bertz CT molecular complexity index is 529. The van der Waals surface area contributed by atoms with E-state index in [4.69, 9.17) is 4.74 Å². The lowest BCUT2D eigenvalue weighted by Gasteiger charge is -2.02. The van der Waals surface area contributed by atoms with Gasteiger partial charge in [0, 0.05) is 11.5 Å². The van der Waals surface area contributed by atoms with Gasteiger partial charge in [0.15, 0.2) is 0 Å². The van der Waals surface area contributed by atoms with Crippen molar-refractivity contribution >= 4 is 34.1 Å². The van der Waals surface area contributed by atoms with E-state index in [1.165, 1.54) is 0 Å². The van der Waals surface area contributed by atoms with E-state index in [2.05, 4.69) is 9.36 Å². The summed E-state index contributed by atoms with van der Waals surface area (Å²) in [6.45, 7) is 0. The van der Waals surface area contributed by atoms with Crippen LogP contribution in [0.5, 0.6) is 10.9 Å². The van der Waals surface area contributed by atoms with E-state index in [0.29, 0.717) is 17.3 Å². The second-order valence-electron chi connectivity index (χ2n) is 2.91. The monoisotopic (exact) mass is 372 g/mol. The van der Waals surface area contributed by atoms with Gasteiger partial charge in [0.2, 0.25) is 0 Å². The summed E-state index contributed by atoms with van der Waals surface area (Å²) in [5, 5.41) is -0.124. The normalized spacial score (nSPS) is 11.5. The highest BCUT2D eigenvalue weighted by Gasteiger charge is 2.36. The van der Waals surface area contributed by atoms with Crippen LogP contribution in [0.25, 0.3) is 0 Å². The van der Waals surface area contributed by atoms with E-state index < -0.39 is 12.0 Å². The molecule has 0 aliphatic heterocycles. The second-order valence-corrected chi connectivity index (χ2v) is 4.79. The van der Waals surface area contributed by atoms with Crippen LogP contribution in [0.4, 0.5) is 13.2 Å². The van der Waals surface area contributed by atoms with E-state index in [0.717, 1.165) is 3.57 Å². The van der Waals surface area contributed by atoms with Crippen LogP contribution in [0.15, 0.2) is 24.3 Å². The molecule has 0 unspecified atom stereocenters. The molecule has 90 valence electrons. The summed E-state index contributed by atoms with van der Waals surface area (Å²) in [5.74, 6) is -0.721. The summed E-state index contributed by atoms with van der Waals surface area (Å²) in [6, 6.07) is 6.96. The minimum absolute atomic E-state index is 0.124. The third-order valence-electron chi connectivity index (χ3n) is 1.69. The summed E-state index contributed by atoms with van der Waals surface area (Å²) < 4.78 is 45.9. The van der Waals surface area contributed by atoms with Crippen LogP contribution in [-0.2, 0) is 6.18 Å². The Kier molecular flexibility index (Phi) is 3.52. The molecule has 0 saturated carbocycles. The van der Waals surface area contributed by atoms with E-state index in [1.54, 1.807) is 24.3 Å². The largest absolute Gasteiger partial charge is 0.452 e. The number of hydrogen-bond acceptors (Lipinski definition) is 4. The molecule has 0 bridgehead atoms. The van der Waals surface area contributed by atoms with Crippen molar-refractivity contribution < 1.29 is 17.9 Å². The Balaban J connectivity index is 2.21. The van der Waals surface area contributed by atoms with Crippen LogP contribution in [-0.4, -0.2) is 9.36 Å². The van der Waals surface area contributed by atoms with Crippen molar-refractivity contribution in [3.63, 3.8) is 0 Å². The van der Waals surface area contributed by atoms with Crippen LogP contribution < -0.4 is 4.74 Å². The molecule has 0 spiro atoms. The number of ether oxygens (including phenoxy) is 1. The van der Waals surface area contributed by atoms with Gasteiger partial charge in [0.1, 0.15) is 5.75 Å². The average molecular weight is 372 g/mol. The lowest BCUT2D eigenvalue weighted by atomic mass is 10.3. The SMILES string of the molecule is FC(F)(F)c1nsc(Oc2ccccc2I)n1. The molecular weight excluding hydrogens is 368 g/mol. The molecule has 0 aliphatic carbocycles. The molecule has 0 fully saturated rings. The molecule has 0 amide bonds. The van der Waals surface area contributed by atoms with Crippen molar-refractivity contribution in [2.45, 2.75) is 6.18 Å². The van der Waals surface area contributed by atoms with Crippen molar-refractivity contribution in [2.75, 3.05) is 0 Å². The summed E-state index contributed by atoms with van der Waals surface area (Å²) >= 11 is 2.59. The highest BCUT2D eigenvalue weighted by molar-refractivity contribution is 14.1. The van der Waals surface area contributed by atoms with Crippen LogP contribution in [0.3, 0.4) is 0 Å². The van der Waals surface area contributed by atoms with Crippen LogP contribution in [0.1, 0.15) is 5.82 Å². The van der Waals surface area contributed by atoms with E-state index in [-0.39, 0.29) is 5.19 Å². The number of alkyl halides is 3. The predicted octanol–water partition coefficient (Wildman–Crippen LogP) is 3.95. The maximum absolute atomic E-state index is 12.2. The number of halogens is 4. The Morgan fingerprint density at radius 1 is 1.24 bits per heavy atom. The Morgan fingerprint density at radius 2 is 1.94 bits per heavy atom. The van der Waals surface area contributed by atoms with Gasteiger partial charge in [0.25, 0.3) is 11.0 Å². The first-order valence-corrected chi connectivity index (χ1v) is 6.15. The number of para-hydroxylation sites is 1. The molecule has 2 rings (SSSR count). The quantitative estimate of drug-likeness (QED) is 0.749. The molecule has 17 heavy (non-hydrogen) atoms.